The van der Waals surface area contributed by atoms with Gasteiger partial charge < -0.3 is 9.84 Å². The summed E-state index contributed by atoms with van der Waals surface area (Å²) in [4.78, 5) is 14.1. The first-order valence-corrected chi connectivity index (χ1v) is 6.03. The zero-order valence-electron chi connectivity index (χ0n) is 9.65. The van der Waals surface area contributed by atoms with Crippen molar-refractivity contribution in [2.75, 3.05) is 6.61 Å². The van der Waals surface area contributed by atoms with Crippen LogP contribution in [-0.4, -0.2) is 23.7 Å². The fourth-order valence-electron chi connectivity index (χ4n) is 1.40. The summed E-state index contributed by atoms with van der Waals surface area (Å²) in [6, 6.07) is 5.48. The van der Waals surface area contributed by atoms with Crippen molar-refractivity contribution in [3.05, 3.63) is 44.7 Å². The molecule has 0 saturated carbocycles. The number of aliphatic hydroxyl groups is 1. The molecule has 0 bridgehead atoms. The number of rotatable bonds is 5. The second-order valence-electron chi connectivity index (χ2n) is 3.40. The van der Waals surface area contributed by atoms with E-state index in [0.29, 0.717) is 5.56 Å². The van der Waals surface area contributed by atoms with Crippen LogP contribution >= 0.6 is 15.9 Å². The van der Waals surface area contributed by atoms with Crippen LogP contribution in [0.4, 0.5) is 0 Å². The molecule has 1 rings (SSSR count). The van der Waals surface area contributed by atoms with Crippen molar-refractivity contribution in [1.82, 2.24) is 0 Å². The Hall–Kier alpha value is -1.56. The average molecular weight is 314 g/mol. The van der Waals surface area contributed by atoms with Gasteiger partial charge in [0, 0.05) is 9.38 Å². The first-order valence-electron chi connectivity index (χ1n) is 5.24. The van der Waals surface area contributed by atoms with Crippen LogP contribution in [0, 0.1) is 0 Å². The highest BCUT2D eigenvalue weighted by Gasteiger charge is 2.28. The predicted octanol–water partition coefficient (Wildman–Crippen LogP) is 2.72. The zero-order valence-corrected chi connectivity index (χ0v) is 11.2. The molecule has 6 nitrogen and oxygen atoms in total. The number of halogens is 1. The highest BCUT2D eigenvalue weighted by Crippen LogP contribution is 2.23. The number of aliphatic hydroxyl groups excluding tert-OH is 1. The van der Waals surface area contributed by atoms with Crippen molar-refractivity contribution in [2.45, 2.75) is 19.1 Å². The number of hydrogen-bond donors (Lipinski definition) is 1. The third-order valence-corrected chi connectivity index (χ3v) is 2.69. The van der Waals surface area contributed by atoms with E-state index < -0.39 is 18.1 Å². The molecule has 0 amide bonds. The van der Waals surface area contributed by atoms with E-state index in [1.165, 1.54) is 0 Å². The summed E-state index contributed by atoms with van der Waals surface area (Å²) in [7, 11) is 0. The summed E-state index contributed by atoms with van der Waals surface area (Å²) >= 11 is 3.26. The topological polar surface area (TPSA) is 95.3 Å². The molecule has 1 aromatic carbocycles. The summed E-state index contributed by atoms with van der Waals surface area (Å²) in [6.07, 6.45) is -1.24. The Balaban J connectivity index is 2.99. The lowest BCUT2D eigenvalue weighted by molar-refractivity contribution is -0.147. The fourth-order valence-corrected chi connectivity index (χ4v) is 1.81. The number of carbonyl (C=O) groups is 1. The zero-order chi connectivity index (χ0) is 13.5. The first kappa shape index (κ1) is 14.5. The van der Waals surface area contributed by atoms with E-state index in [1.807, 2.05) is 0 Å². The number of hydrogen-bond acceptors (Lipinski definition) is 4. The average Bonchev–Trinajstić information content (AvgIpc) is 2.35. The smallest absolute Gasteiger partial charge is 0.317 e. The van der Waals surface area contributed by atoms with Crippen molar-refractivity contribution >= 4 is 21.9 Å². The molecule has 7 heteroatoms. The summed E-state index contributed by atoms with van der Waals surface area (Å²) in [5.74, 6) is -0.747. The maximum Gasteiger partial charge on any atom is 0.317 e. The van der Waals surface area contributed by atoms with Gasteiger partial charge in [-0.05, 0) is 30.2 Å². The van der Waals surface area contributed by atoms with Crippen molar-refractivity contribution in [2.24, 2.45) is 5.11 Å². The van der Waals surface area contributed by atoms with Crippen molar-refractivity contribution in [3.8, 4) is 0 Å². The summed E-state index contributed by atoms with van der Waals surface area (Å²) < 4.78 is 5.51. The number of benzene rings is 1. The molecule has 0 fully saturated rings. The molecular formula is C11H12BrN3O3. The summed E-state index contributed by atoms with van der Waals surface area (Å²) in [6.45, 7) is 1.79. The lowest BCUT2D eigenvalue weighted by Crippen LogP contribution is -2.28. The Labute approximate surface area is 112 Å². The highest BCUT2D eigenvalue weighted by molar-refractivity contribution is 9.10. The van der Waals surface area contributed by atoms with E-state index in [0.717, 1.165) is 4.47 Å². The molecule has 0 radical (unpaired) electrons. The molecule has 2 atom stereocenters. The van der Waals surface area contributed by atoms with Gasteiger partial charge in [-0.3, -0.25) is 4.79 Å². The van der Waals surface area contributed by atoms with Crippen molar-refractivity contribution < 1.29 is 14.6 Å². The molecule has 96 valence electrons. The SMILES string of the molecule is CCOC(=O)[C@H](N=[N+]=[N-])[C@H](O)c1cccc(Br)c1. The Morgan fingerprint density at radius 1 is 1.67 bits per heavy atom. The quantitative estimate of drug-likeness (QED) is 0.392. The fraction of sp³-hybridized carbons (Fsp3) is 0.364. The van der Waals surface area contributed by atoms with Crippen LogP contribution in [-0.2, 0) is 9.53 Å². The number of ether oxygens (including phenoxy) is 1. The van der Waals surface area contributed by atoms with E-state index in [1.54, 1.807) is 31.2 Å². The minimum Gasteiger partial charge on any atom is -0.466 e. The van der Waals surface area contributed by atoms with E-state index in [2.05, 4.69) is 26.0 Å². The number of carbonyl (C=O) groups excluding carboxylic acids is 1. The molecule has 0 spiro atoms. The Morgan fingerprint density at radius 2 is 2.39 bits per heavy atom. The van der Waals surface area contributed by atoms with Crippen LogP contribution in [0.2, 0.25) is 0 Å². The second kappa shape index (κ2) is 7.00. The molecule has 0 aromatic heterocycles. The lowest BCUT2D eigenvalue weighted by Gasteiger charge is -2.17. The molecule has 0 aliphatic rings. The highest BCUT2D eigenvalue weighted by atomic mass is 79.9. The van der Waals surface area contributed by atoms with Gasteiger partial charge in [-0.15, -0.1) is 0 Å². The van der Waals surface area contributed by atoms with Crippen LogP contribution in [0.1, 0.15) is 18.6 Å². The second-order valence-corrected chi connectivity index (χ2v) is 4.32. The van der Waals surface area contributed by atoms with Gasteiger partial charge in [0.2, 0.25) is 0 Å². The maximum atomic E-state index is 11.6. The summed E-state index contributed by atoms with van der Waals surface area (Å²) in [5, 5.41) is 13.3. The van der Waals surface area contributed by atoms with Crippen LogP contribution in [0.15, 0.2) is 33.9 Å². The minimum absolute atomic E-state index is 0.154. The maximum absolute atomic E-state index is 11.6. The van der Waals surface area contributed by atoms with Crippen molar-refractivity contribution in [3.63, 3.8) is 0 Å². The molecule has 0 aliphatic heterocycles. The van der Waals surface area contributed by atoms with Gasteiger partial charge in [-0.2, -0.15) is 0 Å². The van der Waals surface area contributed by atoms with E-state index >= 15 is 0 Å². The molecule has 0 heterocycles. The van der Waals surface area contributed by atoms with E-state index in [-0.39, 0.29) is 6.61 Å². The third kappa shape index (κ3) is 3.73. The Bertz CT molecular complexity index is 474. The monoisotopic (exact) mass is 313 g/mol. The molecule has 0 saturated heterocycles. The van der Waals surface area contributed by atoms with Gasteiger partial charge in [0.25, 0.3) is 0 Å². The van der Waals surface area contributed by atoms with Gasteiger partial charge in [-0.1, -0.05) is 33.2 Å². The molecule has 18 heavy (non-hydrogen) atoms. The van der Waals surface area contributed by atoms with Gasteiger partial charge in [-0.25, -0.2) is 0 Å². The largest absolute Gasteiger partial charge is 0.466 e. The van der Waals surface area contributed by atoms with Crippen LogP contribution < -0.4 is 0 Å². The number of esters is 1. The molecule has 0 unspecified atom stereocenters. The van der Waals surface area contributed by atoms with Crippen LogP contribution in [0.3, 0.4) is 0 Å². The standard InChI is InChI=1S/C11H12BrN3O3/c1-2-18-11(17)9(14-15-13)10(16)7-4-3-5-8(12)6-7/h3-6,9-10,16H,2H2,1H3/t9-,10-/m1/s1. The molecule has 1 N–H and O–H groups in total. The van der Waals surface area contributed by atoms with Gasteiger partial charge in [0.05, 0.1) is 12.7 Å². The number of azide groups is 1. The Morgan fingerprint density at radius 3 is 2.94 bits per heavy atom. The molecule has 1 aromatic rings. The van der Waals surface area contributed by atoms with Crippen LogP contribution in [0.5, 0.6) is 0 Å². The normalized spacial score (nSPS) is 13.3. The lowest BCUT2D eigenvalue weighted by atomic mass is 10.0. The van der Waals surface area contributed by atoms with Crippen LogP contribution in [0.25, 0.3) is 10.4 Å². The third-order valence-electron chi connectivity index (χ3n) is 2.19. The Kier molecular flexibility index (Phi) is 5.64. The summed E-state index contributed by atoms with van der Waals surface area (Å²) in [5.41, 5.74) is 8.90. The molecular weight excluding hydrogens is 302 g/mol. The minimum atomic E-state index is -1.29. The molecule has 0 aliphatic carbocycles. The van der Waals surface area contributed by atoms with Gasteiger partial charge in [0.1, 0.15) is 0 Å². The number of nitrogens with zero attached hydrogens (tertiary/aromatic N) is 3. The first-order chi connectivity index (χ1) is 8.60. The van der Waals surface area contributed by atoms with E-state index in [9.17, 15) is 9.90 Å². The van der Waals surface area contributed by atoms with E-state index in [4.69, 9.17) is 10.3 Å². The predicted molar refractivity (Wildman–Crippen MR) is 68.7 cm³/mol. The van der Waals surface area contributed by atoms with Crippen molar-refractivity contribution in [1.29, 1.82) is 0 Å². The van der Waals surface area contributed by atoms with Gasteiger partial charge in [0.15, 0.2) is 6.04 Å². The van der Waals surface area contributed by atoms with Gasteiger partial charge >= 0.3 is 5.97 Å².